The molecule has 1 aromatic heterocycles. The van der Waals surface area contributed by atoms with E-state index >= 15 is 0 Å². The van der Waals surface area contributed by atoms with Crippen LogP contribution in [-0.4, -0.2) is 53.4 Å². The minimum absolute atomic E-state index is 0.106. The minimum Gasteiger partial charge on any atom is -0.387 e. The van der Waals surface area contributed by atoms with Crippen LogP contribution in [0.3, 0.4) is 0 Å². The SMILES string of the molecule is C[N+]1(CC(=O)Nc2ccon2)CCC(O)C1. The molecule has 0 spiro atoms. The molecule has 1 fully saturated rings. The smallest absolute Gasteiger partial charge is 0.280 e. The Hall–Kier alpha value is -1.40. The van der Waals surface area contributed by atoms with Crippen LogP contribution >= 0.6 is 0 Å². The van der Waals surface area contributed by atoms with Crippen LogP contribution in [0.25, 0.3) is 0 Å². The number of hydrogen-bond donors (Lipinski definition) is 2. The Bertz CT molecular complexity index is 365. The number of nitrogens with zero attached hydrogens (tertiary/aromatic N) is 2. The Morgan fingerprint density at radius 3 is 3.19 bits per heavy atom. The molecule has 2 heterocycles. The van der Waals surface area contributed by atoms with Crippen molar-refractivity contribution in [3.05, 3.63) is 12.3 Å². The molecule has 1 aromatic rings. The highest BCUT2D eigenvalue weighted by molar-refractivity contribution is 5.90. The average molecular weight is 226 g/mol. The normalized spacial score (nSPS) is 29.2. The van der Waals surface area contributed by atoms with Gasteiger partial charge in [-0.2, -0.15) is 0 Å². The molecule has 0 aromatic carbocycles. The number of carbonyl (C=O) groups excluding carboxylic acids is 1. The first-order valence-corrected chi connectivity index (χ1v) is 5.29. The van der Waals surface area contributed by atoms with Gasteiger partial charge in [0, 0.05) is 12.5 Å². The van der Waals surface area contributed by atoms with E-state index in [0.717, 1.165) is 13.0 Å². The fourth-order valence-corrected chi connectivity index (χ4v) is 2.10. The number of carbonyl (C=O) groups is 1. The predicted octanol–water partition coefficient (Wildman–Crippen LogP) is -0.176. The number of likely N-dealkylation sites (tertiary alicyclic amines) is 1. The lowest BCUT2D eigenvalue weighted by molar-refractivity contribution is -0.890. The molecule has 1 saturated heterocycles. The molecule has 88 valence electrons. The van der Waals surface area contributed by atoms with Crippen molar-refractivity contribution in [3.8, 4) is 0 Å². The summed E-state index contributed by atoms with van der Waals surface area (Å²) in [6.07, 6.45) is 1.88. The molecule has 1 aliphatic heterocycles. The monoisotopic (exact) mass is 226 g/mol. The van der Waals surface area contributed by atoms with Gasteiger partial charge in [0.2, 0.25) is 0 Å². The number of amides is 1. The van der Waals surface area contributed by atoms with Crippen LogP contribution in [0.4, 0.5) is 5.82 Å². The summed E-state index contributed by atoms with van der Waals surface area (Å²) >= 11 is 0. The Labute approximate surface area is 93.4 Å². The summed E-state index contributed by atoms with van der Waals surface area (Å²) in [5, 5.41) is 15.7. The number of hydrogen-bond acceptors (Lipinski definition) is 4. The van der Waals surface area contributed by atoms with Crippen molar-refractivity contribution < 1.29 is 18.9 Å². The Morgan fingerprint density at radius 1 is 1.81 bits per heavy atom. The number of quaternary nitrogens is 1. The molecule has 1 aliphatic rings. The number of rotatable bonds is 3. The maximum Gasteiger partial charge on any atom is 0.280 e. The van der Waals surface area contributed by atoms with Crippen molar-refractivity contribution >= 4 is 11.7 Å². The summed E-state index contributed by atoms with van der Waals surface area (Å²) in [5.41, 5.74) is 0. The molecule has 6 heteroatoms. The van der Waals surface area contributed by atoms with Crippen molar-refractivity contribution in [2.45, 2.75) is 12.5 Å². The van der Waals surface area contributed by atoms with E-state index in [9.17, 15) is 9.90 Å². The lowest BCUT2D eigenvalue weighted by Gasteiger charge is -2.27. The molecule has 0 saturated carbocycles. The Kier molecular flexibility index (Phi) is 2.93. The van der Waals surface area contributed by atoms with E-state index in [0.29, 0.717) is 23.4 Å². The summed E-state index contributed by atoms with van der Waals surface area (Å²) < 4.78 is 5.19. The van der Waals surface area contributed by atoms with Gasteiger partial charge in [-0.05, 0) is 0 Å². The molecule has 2 atom stereocenters. The summed E-state index contributed by atoms with van der Waals surface area (Å²) in [6.45, 7) is 1.81. The molecule has 0 aliphatic carbocycles. The van der Waals surface area contributed by atoms with Crippen molar-refractivity contribution in [1.29, 1.82) is 0 Å². The van der Waals surface area contributed by atoms with E-state index < -0.39 is 0 Å². The molecule has 2 N–H and O–H groups in total. The molecule has 1 amide bonds. The van der Waals surface area contributed by atoms with Crippen LogP contribution < -0.4 is 5.32 Å². The van der Waals surface area contributed by atoms with E-state index in [1.165, 1.54) is 6.26 Å². The molecule has 0 radical (unpaired) electrons. The van der Waals surface area contributed by atoms with E-state index in [2.05, 4.69) is 15.0 Å². The van der Waals surface area contributed by atoms with Gasteiger partial charge in [-0.3, -0.25) is 4.79 Å². The van der Waals surface area contributed by atoms with Crippen molar-refractivity contribution in [2.75, 3.05) is 32.0 Å². The summed E-state index contributed by atoms with van der Waals surface area (Å²) in [6, 6.07) is 1.59. The van der Waals surface area contributed by atoms with Gasteiger partial charge in [0.05, 0.1) is 13.6 Å². The van der Waals surface area contributed by atoms with Crippen LogP contribution in [-0.2, 0) is 4.79 Å². The van der Waals surface area contributed by atoms with Gasteiger partial charge in [0.15, 0.2) is 12.4 Å². The van der Waals surface area contributed by atoms with Gasteiger partial charge in [-0.15, -0.1) is 0 Å². The number of likely N-dealkylation sites (N-methyl/N-ethyl adjacent to an activating group) is 1. The minimum atomic E-state index is -0.287. The topological polar surface area (TPSA) is 75.4 Å². The highest BCUT2D eigenvalue weighted by Gasteiger charge is 2.35. The molecular formula is C10H16N3O3+. The second-order valence-electron chi connectivity index (χ2n) is 4.56. The third-order valence-corrected chi connectivity index (χ3v) is 2.88. The fourth-order valence-electron chi connectivity index (χ4n) is 2.10. The molecule has 2 rings (SSSR count). The lowest BCUT2D eigenvalue weighted by atomic mass is 10.3. The maximum atomic E-state index is 11.7. The van der Waals surface area contributed by atoms with E-state index in [4.69, 9.17) is 0 Å². The maximum absolute atomic E-state index is 11.7. The highest BCUT2D eigenvalue weighted by Crippen LogP contribution is 2.16. The second kappa shape index (κ2) is 4.23. The van der Waals surface area contributed by atoms with Crippen molar-refractivity contribution in [3.63, 3.8) is 0 Å². The molecule has 0 bridgehead atoms. The Balaban J connectivity index is 1.88. The summed E-state index contributed by atoms with van der Waals surface area (Å²) in [7, 11) is 1.97. The third-order valence-electron chi connectivity index (χ3n) is 2.88. The molecule has 2 unspecified atom stereocenters. The van der Waals surface area contributed by atoms with Crippen LogP contribution in [0.15, 0.2) is 16.9 Å². The average Bonchev–Trinajstić information content (AvgIpc) is 2.76. The zero-order valence-electron chi connectivity index (χ0n) is 9.22. The van der Waals surface area contributed by atoms with Gasteiger partial charge < -0.3 is 19.4 Å². The number of nitrogens with one attached hydrogen (secondary N) is 1. The van der Waals surface area contributed by atoms with Gasteiger partial charge >= 0.3 is 0 Å². The van der Waals surface area contributed by atoms with Gasteiger partial charge in [-0.25, -0.2) is 0 Å². The number of aliphatic hydroxyl groups excluding tert-OH is 1. The fraction of sp³-hybridized carbons (Fsp3) is 0.600. The van der Waals surface area contributed by atoms with Gasteiger partial charge in [0.25, 0.3) is 5.91 Å². The number of aromatic nitrogens is 1. The zero-order chi connectivity index (χ0) is 11.6. The highest BCUT2D eigenvalue weighted by atomic mass is 16.5. The van der Waals surface area contributed by atoms with Crippen LogP contribution in [0, 0.1) is 0 Å². The standard InChI is InChI=1S/C10H15N3O3/c1-13(4-2-8(14)6-13)7-10(15)11-9-3-5-16-12-9/h3,5,8,14H,2,4,6-7H2,1H3/p+1. The molecule has 16 heavy (non-hydrogen) atoms. The molecular weight excluding hydrogens is 210 g/mol. The van der Waals surface area contributed by atoms with E-state index in [-0.39, 0.29) is 12.0 Å². The third kappa shape index (κ3) is 2.59. The van der Waals surface area contributed by atoms with Gasteiger partial charge in [0.1, 0.15) is 18.9 Å². The van der Waals surface area contributed by atoms with Crippen molar-refractivity contribution in [1.82, 2.24) is 5.16 Å². The quantitative estimate of drug-likeness (QED) is 0.701. The number of aliphatic hydroxyl groups is 1. The largest absolute Gasteiger partial charge is 0.387 e. The van der Waals surface area contributed by atoms with Crippen LogP contribution in [0.1, 0.15) is 6.42 Å². The van der Waals surface area contributed by atoms with E-state index in [1.807, 2.05) is 7.05 Å². The first-order chi connectivity index (χ1) is 7.57. The van der Waals surface area contributed by atoms with Gasteiger partial charge in [-0.1, -0.05) is 5.16 Å². The van der Waals surface area contributed by atoms with E-state index in [1.54, 1.807) is 6.07 Å². The first kappa shape index (κ1) is 11.1. The lowest BCUT2D eigenvalue weighted by Crippen LogP contribution is -2.47. The summed E-state index contributed by atoms with van der Waals surface area (Å²) in [5.74, 6) is 0.321. The summed E-state index contributed by atoms with van der Waals surface area (Å²) in [4.78, 5) is 11.7. The molecule has 6 nitrogen and oxygen atoms in total. The zero-order valence-corrected chi connectivity index (χ0v) is 9.22. The second-order valence-corrected chi connectivity index (χ2v) is 4.56. The van der Waals surface area contributed by atoms with Crippen LogP contribution in [0.2, 0.25) is 0 Å². The number of anilines is 1. The van der Waals surface area contributed by atoms with Crippen molar-refractivity contribution in [2.24, 2.45) is 0 Å². The predicted molar refractivity (Wildman–Crippen MR) is 56.5 cm³/mol. The first-order valence-electron chi connectivity index (χ1n) is 5.29. The van der Waals surface area contributed by atoms with Crippen LogP contribution in [0.5, 0.6) is 0 Å². The Morgan fingerprint density at radius 2 is 2.62 bits per heavy atom.